The number of benzene rings is 2. The zero-order valence-electron chi connectivity index (χ0n) is 11.2. The molecule has 0 radical (unpaired) electrons. The van der Waals surface area contributed by atoms with Crippen molar-refractivity contribution in [3.8, 4) is 5.75 Å². The largest absolute Gasteiger partial charge is 0.497 e. The molecule has 0 spiro atoms. The number of hydrogen-bond donors (Lipinski definition) is 1. The Hall–Kier alpha value is -2.03. The fourth-order valence-electron chi connectivity index (χ4n) is 1.89. The number of rotatable bonds is 5. The second-order valence-electron chi connectivity index (χ2n) is 4.56. The molecule has 3 heteroatoms. The lowest BCUT2D eigenvalue weighted by molar-refractivity contribution is 0.415. The van der Waals surface area contributed by atoms with Crippen LogP contribution in [0.25, 0.3) is 0 Å². The summed E-state index contributed by atoms with van der Waals surface area (Å²) in [5.41, 5.74) is 2.18. The van der Waals surface area contributed by atoms with Gasteiger partial charge in [-0.25, -0.2) is 4.39 Å². The van der Waals surface area contributed by atoms with E-state index in [4.69, 9.17) is 4.74 Å². The summed E-state index contributed by atoms with van der Waals surface area (Å²) < 4.78 is 18.0. The Labute approximate surface area is 113 Å². The molecule has 19 heavy (non-hydrogen) atoms. The van der Waals surface area contributed by atoms with Crippen LogP contribution in [0.15, 0.2) is 48.5 Å². The molecule has 1 N–H and O–H groups in total. The summed E-state index contributed by atoms with van der Waals surface area (Å²) in [6.45, 7) is 2.92. The van der Waals surface area contributed by atoms with Crippen molar-refractivity contribution in [3.05, 3.63) is 59.9 Å². The van der Waals surface area contributed by atoms with Gasteiger partial charge in [-0.05, 0) is 47.9 Å². The highest BCUT2D eigenvalue weighted by atomic mass is 19.1. The first-order valence-corrected chi connectivity index (χ1v) is 6.32. The van der Waals surface area contributed by atoms with E-state index in [1.165, 1.54) is 12.1 Å². The molecule has 100 valence electrons. The third-order valence-corrected chi connectivity index (χ3v) is 3.14. The van der Waals surface area contributed by atoms with Crippen molar-refractivity contribution in [1.82, 2.24) is 0 Å². The van der Waals surface area contributed by atoms with Gasteiger partial charge in [-0.3, -0.25) is 0 Å². The summed E-state index contributed by atoms with van der Waals surface area (Å²) in [4.78, 5) is 0. The molecule has 0 saturated heterocycles. The quantitative estimate of drug-likeness (QED) is 0.874. The highest BCUT2D eigenvalue weighted by molar-refractivity contribution is 5.46. The van der Waals surface area contributed by atoms with E-state index in [2.05, 4.69) is 12.2 Å². The van der Waals surface area contributed by atoms with Gasteiger partial charge in [0.15, 0.2) is 0 Å². The summed E-state index contributed by atoms with van der Waals surface area (Å²) in [5.74, 6) is 0.971. The third-order valence-electron chi connectivity index (χ3n) is 3.14. The Morgan fingerprint density at radius 1 is 1.05 bits per heavy atom. The summed E-state index contributed by atoms with van der Waals surface area (Å²) in [6, 6.07) is 14.5. The highest BCUT2D eigenvalue weighted by Gasteiger charge is 2.05. The second kappa shape index (κ2) is 6.23. The Morgan fingerprint density at radius 3 is 2.26 bits per heavy atom. The normalized spacial score (nSPS) is 11.9. The van der Waals surface area contributed by atoms with E-state index >= 15 is 0 Å². The molecule has 2 aromatic rings. The maximum Gasteiger partial charge on any atom is 0.123 e. The van der Waals surface area contributed by atoms with E-state index < -0.39 is 0 Å². The Kier molecular flexibility index (Phi) is 4.39. The molecule has 0 heterocycles. The zero-order chi connectivity index (χ0) is 13.7. The minimum Gasteiger partial charge on any atom is -0.497 e. The van der Waals surface area contributed by atoms with Gasteiger partial charge in [0.05, 0.1) is 7.11 Å². The average Bonchev–Trinajstić information content (AvgIpc) is 2.46. The van der Waals surface area contributed by atoms with Crippen molar-refractivity contribution in [2.24, 2.45) is 0 Å². The lowest BCUT2D eigenvalue weighted by Gasteiger charge is -2.14. The van der Waals surface area contributed by atoms with Gasteiger partial charge < -0.3 is 10.1 Å². The standard InChI is InChI=1S/C16H18FNO/c1-12(13-3-5-14(17)6-4-13)11-18-15-7-9-16(19-2)10-8-15/h3-10,12,18H,11H2,1-2H3/t12-/m0/s1. The predicted octanol–water partition coefficient (Wildman–Crippen LogP) is 4.05. The zero-order valence-corrected chi connectivity index (χ0v) is 11.2. The van der Waals surface area contributed by atoms with Crippen LogP contribution in [0.1, 0.15) is 18.4 Å². The van der Waals surface area contributed by atoms with Crippen molar-refractivity contribution in [2.45, 2.75) is 12.8 Å². The molecule has 0 aromatic heterocycles. The van der Waals surface area contributed by atoms with Gasteiger partial charge in [0.1, 0.15) is 11.6 Å². The molecule has 2 nitrogen and oxygen atoms in total. The maximum atomic E-state index is 12.8. The van der Waals surface area contributed by atoms with E-state index in [0.29, 0.717) is 5.92 Å². The van der Waals surface area contributed by atoms with E-state index in [1.54, 1.807) is 7.11 Å². The molecule has 0 unspecified atom stereocenters. The van der Waals surface area contributed by atoms with Crippen LogP contribution < -0.4 is 10.1 Å². The number of nitrogens with one attached hydrogen (secondary N) is 1. The maximum absolute atomic E-state index is 12.8. The second-order valence-corrected chi connectivity index (χ2v) is 4.56. The fraction of sp³-hybridized carbons (Fsp3) is 0.250. The van der Waals surface area contributed by atoms with Gasteiger partial charge in [0.25, 0.3) is 0 Å². The highest BCUT2D eigenvalue weighted by Crippen LogP contribution is 2.19. The molecule has 0 bridgehead atoms. The summed E-state index contributed by atoms with van der Waals surface area (Å²) in [6.07, 6.45) is 0. The molecule has 0 amide bonds. The minimum absolute atomic E-state index is 0.195. The van der Waals surface area contributed by atoms with Crippen LogP contribution in [0.4, 0.5) is 10.1 Å². The predicted molar refractivity (Wildman–Crippen MR) is 76.3 cm³/mol. The molecule has 0 aliphatic heterocycles. The van der Waals surface area contributed by atoms with Crippen LogP contribution in [0.3, 0.4) is 0 Å². The molecule has 0 saturated carbocycles. The van der Waals surface area contributed by atoms with E-state index in [0.717, 1.165) is 23.5 Å². The fourth-order valence-corrected chi connectivity index (χ4v) is 1.89. The van der Waals surface area contributed by atoms with Gasteiger partial charge >= 0.3 is 0 Å². The van der Waals surface area contributed by atoms with Crippen molar-refractivity contribution in [2.75, 3.05) is 19.0 Å². The van der Waals surface area contributed by atoms with Gasteiger partial charge in [0, 0.05) is 12.2 Å². The van der Waals surface area contributed by atoms with Crippen molar-refractivity contribution < 1.29 is 9.13 Å². The first-order valence-electron chi connectivity index (χ1n) is 6.32. The topological polar surface area (TPSA) is 21.3 Å². The summed E-state index contributed by atoms with van der Waals surface area (Å²) >= 11 is 0. The Bertz CT molecular complexity index is 507. The Balaban J connectivity index is 1.92. The van der Waals surface area contributed by atoms with Crippen LogP contribution in [0.5, 0.6) is 5.75 Å². The van der Waals surface area contributed by atoms with E-state index in [9.17, 15) is 4.39 Å². The minimum atomic E-state index is -0.195. The van der Waals surface area contributed by atoms with Crippen molar-refractivity contribution in [3.63, 3.8) is 0 Å². The van der Waals surface area contributed by atoms with Gasteiger partial charge in [-0.1, -0.05) is 19.1 Å². The van der Waals surface area contributed by atoms with Crippen LogP contribution in [-0.4, -0.2) is 13.7 Å². The van der Waals surface area contributed by atoms with Crippen LogP contribution >= 0.6 is 0 Å². The van der Waals surface area contributed by atoms with Crippen LogP contribution in [-0.2, 0) is 0 Å². The molecule has 0 aliphatic carbocycles. The average molecular weight is 259 g/mol. The van der Waals surface area contributed by atoms with E-state index in [1.807, 2.05) is 36.4 Å². The number of ether oxygens (including phenoxy) is 1. The summed E-state index contributed by atoms with van der Waals surface area (Å²) in [5, 5.41) is 3.36. The molecule has 1 atom stereocenters. The number of methoxy groups -OCH3 is 1. The lowest BCUT2D eigenvalue weighted by Crippen LogP contribution is -2.09. The first kappa shape index (κ1) is 13.4. The van der Waals surface area contributed by atoms with Gasteiger partial charge in [-0.15, -0.1) is 0 Å². The Morgan fingerprint density at radius 2 is 1.68 bits per heavy atom. The molecular formula is C16H18FNO. The SMILES string of the molecule is COc1ccc(NC[C@H](C)c2ccc(F)cc2)cc1. The smallest absolute Gasteiger partial charge is 0.123 e. The molecule has 2 aromatic carbocycles. The molecular weight excluding hydrogens is 241 g/mol. The monoisotopic (exact) mass is 259 g/mol. The molecule has 0 aliphatic rings. The first-order chi connectivity index (χ1) is 9.19. The number of anilines is 1. The van der Waals surface area contributed by atoms with E-state index in [-0.39, 0.29) is 5.82 Å². The van der Waals surface area contributed by atoms with Crippen molar-refractivity contribution >= 4 is 5.69 Å². The molecule has 0 fully saturated rings. The number of hydrogen-bond acceptors (Lipinski definition) is 2. The van der Waals surface area contributed by atoms with Crippen LogP contribution in [0.2, 0.25) is 0 Å². The molecule has 2 rings (SSSR count). The van der Waals surface area contributed by atoms with Crippen LogP contribution in [0, 0.1) is 5.82 Å². The van der Waals surface area contributed by atoms with Gasteiger partial charge in [-0.2, -0.15) is 0 Å². The lowest BCUT2D eigenvalue weighted by atomic mass is 10.0. The third kappa shape index (κ3) is 3.71. The van der Waals surface area contributed by atoms with Crippen molar-refractivity contribution in [1.29, 1.82) is 0 Å². The van der Waals surface area contributed by atoms with Gasteiger partial charge in [0.2, 0.25) is 0 Å². The summed E-state index contributed by atoms with van der Waals surface area (Å²) in [7, 11) is 1.65. The number of halogens is 1.